The molecule has 0 bridgehead atoms. The Labute approximate surface area is 108 Å². The van der Waals surface area contributed by atoms with Crippen LogP contribution >= 0.6 is 11.8 Å². The molecule has 1 fully saturated rings. The van der Waals surface area contributed by atoms with Crippen LogP contribution in [0.2, 0.25) is 0 Å². The summed E-state index contributed by atoms with van der Waals surface area (Å²) in [4.78, 5) is 8.53. The Balaban J connectivity index is 1.86. The Hall–Kier alpha value is -0.610. The molecule has 1 aromatic rings. The van der Waals surface area contributed by atoms with Gasteiger partial charge in [-0.25, -0.2) is 9.97 Å². The quantitative estimate of drug-likeness (QED) is 0.895. The van der Waals surface area contributed by atoms with E-state index in [1.54, 1.807) is 0 Å². The first-order valence-electron chi connectivity index (χ1n) is 6.15. The van der Waals surface area contributed by atoms with Gasteiger partial charge in [0.25, 0.3) is 0 Å². The molecule has 1 N–H and O–H groups in total. The third-order valence-electron chi connectivity index (χ3n) is 3.02. The maximum Gasteiger partial charge on any atom is 0.125 e. The van der Waals surface area contributed by atoms with Gasteiger partial charge in [-0.1, -0.05) is 13.8 Å². The van der Waals surface area contributed by atoms with E-state index < -0.39 is 0 Å². The zero-order chi connectivity index (χ0) is 12.3. The van der Waals surface area contributed by atoms with E-state index in [0.29, 0.717) is 11.5 Å². The maximum absolute atomic E-state index is 4.41. The summed E-state index contributed by atoms with van der Waals surface area (Å²) >= 11 is 2.05. The number of rotatable bonds is 3. The molecular weight excluding hydrogens is 230 g/mol. The van der Waals surface area contributed by atoms with Crippen molar-refractivity contribution in [1.82, 2.24) is 15.3 Å². The van der Waals surface area contributed by atoms with E-state index in [0.717, 1.165) is 18.1 Å². The number of nitrogens with one attached hydrogen (secondary N) is 1. The summed E-state index contributed by atoms with van der Waals surface area (Å²) in [6, 6.07) is 2.60. The van der Waals surface area contributed by atoms with E-state index in [9.17, 15) is 0 Å². The zero-order valence-electron chi connectivity index (χ0n) is 10.9. The lowest BCUT2D eigenvalue weighted by Crippen LogP contribution is -2.40. The second-order valence-corrected chi connectivity index (χ2v) is 6.59. The van der Waals surface area contributed by atoms with Crippen LogP contribution in [0, 0.1) is 12.3 Å². The molecule has 1 aromatic heterocycles. The van der Waals surface area contributed by atoms with Gasteiger partial charge < -0.3 is 5.32 Å². The summed E-state index contributed by atoms with van der Waals surface area (Å²) in [6.45, 7) is 7.49. The van der Waals surface area contributed by atoms with Crippen LogP contribution in [-0.4, -0.2) is 27.5 Å². The van der Waals surface area contributed by atoms with Crippen LogP contribution in [0.3, 0.4) is 0 Å². The van der Waals surface area contributed by atoms with Crippen molar-refractivity contribution in [2.24, 2.45) is 5.41 Å². The normalized spacial score (nSPS) is 23.6. The van der Waals surface area contributed by atoms with Gasteiger partial charge in [-0.05, 0) is 30.6 Å². The van der Waals surface area contributed by atoms with Gasteiger partial charge in [-0.3, -0.25) is 0 Å². The summed E-state index contributed by atoms with van der Waals surface area (Å²) in [5.74, 6) is 3.34. The second-order valence-electron chi connectivity index (χ2n) is 5.56. The van der Waals surface area contributed by atoms with E-state index in [2.05, 4.69) is 40.9 Å². The molecule has 0 amide bonds. The van der Waals surface area contributed by atoms with Gasteiger partial charge in [0.2, 0.25) is 0 Å². The molecule has 94 valence electrons. The third kappa shape index (κ3) is 3.96. The molecule has 0 aromatic carbocycles. The topological polar surface area (TPSA) is 37.8 Å². The van der Waals surface area contributed by atoms with E-state index in [4.69, 9.17) is 0 Å². The van der Waals surface area contributed by atoms with E-state index >= 15 is 0 Å². The van der Waals surface area contributed by atoms with E-state index in [-0.39, 0.29) is 0 Å². The van der Waals surface area contributed by atoms with Crippen molar-refractivity contribution in [3.05, 3.63) is 23.8 Å². The molecular formula is C13H21N3S. The number of aryl methyl sites for hydroxylation is 1. The maximum atomic E-state index is 4.41. The molecule has 3 nitrogen and oxygen atoms in total. The first-order valence-corrected chi connectivity index (χ1v) is 7.30. The first-order chi connectivity index (χ1) is 8.05. The van der Waals surface area contributed by atoms with E-state index in [1.807, 2.05) is 19.2 Å². The fourth-order valence-electron chi connectivity index (χ4n) is 2.25. The monoisotopic (exact) mass is 251 g/mol. The largest absolute Gasteiger partial charge is 0.308 e. The van der Waals surface area contributed by atoms with Gasteiger partial charge in [0.05, 0.1) is 5.69 Å². The molecule has 1 saturated heterocycles. The Morgan fingerprint density at radius 1 is 1.53 bits per heavy atom. The van der Waals surface area contributed by atoms with Gasteiger partial charge in [-0.2, -0.15) is 11.8 Å². The highest BCUT2D eigenvalue weighted by molar-refractivity contribution is 7.99. The lowest BCUT2D eigenvalue weighted by molar-refractivity contribution is 0.316. The van der Waals surface area contributed by atoms with Crippen molar-refractivity contribution in [2.45, 2.75) is 39.8 Å². The van der Waals surface area contributed by atoms with Crippen LogP contribution in [0.15, 0.2) is 12.3 Å². The summed E-state index contributed by atoms with van der Waals surface area (Å²) < 4.78 is 0. The average molecular weight is 251 g/mol. The minimum Gasteiger partial charge on any atom is -0.308 e. The average Bonchev–Trinajstić information content (AvgIpc) is 2.25. The fraction of sp³-hybridized carbons (Fsp3) is 0.692. The van der Waals surface area contributed by atoms with Gasteiger partial charge in [0, 0.05) is 24.5 Å². The minimum atomic E-state index is 0.460. The molecule has 2 rings (SSSR count). The summed E-state index contributed by atoms with van der Waals surface area (Å²) in [6.07, 6.45) is 3.09. The van der Waals surface area contributed by atoms with Crippen LogP contribution in [-0.2, 0) is 6.54 Å². The number of aromatic nitrogens is 2. The van der Waals surface area contributed by atoms with Crippen molar-refractivity contribution in [1.29, 1.82) is 0 Å². The van der Waals surface area contributed by atoms with Gasteiger partial charge in [0.1, 0.15) is 5.82 Å². The Morgan fingerprint density at radius 2 is 2.35 bits per heavy atom. The Kier molecular flexibility index (Phi) is 4.05. The van der Waals surface area contributed by atoms with Gasteiger partial charge in [-0.15, -0.1) is 0 Å². The lowest BCUT2D eigenvalue weighted by atomic mass is 9.88. The van der Waals surface area contributed by atoms with Crippen molar-refractivity contribution >= 4 is 11.8 Å². The minimum absolute atomic E-state index is 0.460. The predicted octanol–water partition coefficient (Wildman–Crippen LogP) is 2.41. The van der Waals surface area contributed by atoms with Crippen molar-refractivity contribution in [2.75, 3.05) is 11.5 Å². The molecule has 2 heterocycles. The van der Waals surface area contributed by atoms with Crippen molar-refractivity contribution < 1.29 is 0 Å². The van der Waals surface area contributed by atoms with Gasteiger partial charge >= 0.3 is 0 Å². The smallest absolute Gasteiger partial charge is 0.125 e. The van der Waals surface area contributed by atoms with Crippen molar-refractivity contribution in [3.63, 3.8) is 0 Å². The molecule has 0 spiro atoms. The van der Waals surface area contributed by atoms with Crippen LogP contribution in [0.5, 0.6) is 0 Å². The van der Waals surface area contributed by atoms with Crippen molar-refractivity contribution in [3.8, 4) is 0 Å². The van der Waals surface area contributed by atoms with Crippen LogP contribution < -0.4 is 5.32 Å². The number of hydrogen-bond acceptors (Lipinski definition) is 4. The summed E-state index contributed by atoms with van der Waals surface area (Å²) in [5.41, 5.74) is 1.55. The highest BCUT2D eigenvalue weighted by Crippen LogP contribution is 2.33. The SMILES string of the molecule is Cc1nccc(CNC2CSCC(C)(C)C2)n1. The van der Waals surface area contributed by atoms with E-state index in [1.165, 1.54) is 17.9 Å². The molecule has 1 atom stereocenters. The molecule has 0 saturated carbocycles. The zero-order valence-corrected chi connectivity index (χ0v) is 11.7. The summed E-state index contributed by atoms with van der Waals surface area (Å²) in [5, 5.41) is 3.61. The predicted molar refractivity (Wildman–Crippen MR) is 73.1 cm³/mol. The molecule has 0 aliphatic carbocycles. The first kappa shape index (κ1) is 12.8. The fourth-order valence-corrected chi connectivity index (χ4v) is 3.55. The van der Waals surface area contributed by atoms with Crippen LogP contribution in [0.25, 0.3) is 0 Å². The van der Waals surface area contributed by atoms with Crippen LogP contribution in [0.1, 0.15) is 31.8 Å². The highest BCUT2D eigenvalue weighted by atomic mass is 32.2. The number of hydrogen-bond donors (Lipinski definition) is 1. The van der Waals surface area contributed by atoms with Gasteiger partial charge in [0.15, 0.2) is 0 Å². The molecule has 1 aliphatic heterocycles. The Bertz CT molecular complexity index is 379. The lowest BCUT2D eigenvalue weighted by Gasteiger charge is -2.35. The third-order valence-corrected chi connectivity index (χ3v) is 4.64. The standard InChI is InChI=1S/C13H21N3S/c1-10-14-5-4-11(16-10)7-15-12-6-13(2,3)9-17-8-12/h4-5,12,15H,6-9H2,1-3H3. The second kappa shape index (κ2) is 5.36. The molecule has 1 aliphatic rings. The molecule has 17 heavy (non-hydrogen) atoms. The summed E-state index contributed by atoms with van der Waals surface area (Å²) in [7, 11) is 0. The molecule has 0 radical (unpaired) electrons. The molecule has 4 heteroatoms. The van der Waals surface area contributed by atoms with Crippen LogP contribution in [0.4, 0.5) is 0 Å². The molecule has 1 unspecified atom stereocenters. The number of nitrogens with zero attached hydrogens (tertiary/aromatic N) is 2. The highest BCUT2D eigenvalue weighted by Gasteiger charge is 2.27. The Morgan fingerprint density at radius 3 is 3.06 bits per heavy atom. The number of thioether (sulfide) groups is 1.